The molecule has 0 aliphatic heterocycles. The van der Waals surface area contributed by atoms with E-state index in [0.29, 0.717) is 11.3 Å². The molecule has 0 saturated carbocycles. The van der Waals surface area contributed by atoms with Crippen LogP contribution in [-0.4, -0.2) is 47.5 Å². The molecule has 1 heterocycles. The molecule has 0 bridgehead atoms. The number of sulfonamides is 1. The van der Waals surface area contributed by atoms with Gasteiger partial charge in [0.2, 0.25) is 10.0 Å². The Morgan fingerprint density at radius 3 is 2.46 bits per heavy atom. The van der Waals surface area contributed by atoms with E-state index < -0.39 is 10.0 Å². The lowest BCUT2D eigenvalue weighted by Gasteiger charge is -2.12. The molecule has 134 valence electrons. The van der Waals surface area contributed by atoms with Crippen LogP contribution in [0.25, 0.3) is 5.69 Å². The molecule has 1 aromatic heterocycles. The molecule has 0 atom stereocenters. The van der Waals surface area contributed by atoms with Crippen molar-refractivity contribution in [2.45, 2.75) is 4.90 Å². The van der Waals surface area contributed by atoms with Crippen molar-refractivity contribution in [3.8, 4) is 5.69 Å². The predicted molar refractivity (Wildman–Crippen MR) is 96.6 cm³/mol. The lowest BCUT2D eigenvalue weighted by molar-refractivity contribution is 0.102. The lowest BCUT2D eigenvalue weighted by atomic mass is 10.2. The van der Waals surface area contributed by atoms with Gasteiger partial charge in [-0.25, -0.2) is 22.4 Å². The van der Waals surface area contributed by atoms with Gasteiger partial charge in [0.15, 0.2) is 0 Å². The zero-order chi connectivity index (χ0) is 18.7. The number of carbonyl (C=O) groups excluding carboxylic acids is 1. The summed E-state index contributed by atoms with van der Waals surface area (Å²) in [7, 11) is -0.653. The third kappa shape index (κ3) is 3.63. The van der Waals surface area contributed by atoms with Crippen molar-refractivity contribution < 1.29 is 13.2 Å². The van der Waals surface area contributed by atoms with Gasteiger partial charge in [-0.2, -0.15) is 5.10 Å². The minimum Gasteiger partial charge on any atom is -0.322 e. The summed E-state index contributed by atoms with van der Waals surface area (Å²) in [5.41, 5.74) is 1.62. The standard InChI is InChI=1S/C17H17N5O3S/c1-21(2)26(24,25)16-5-3-4-14(10-16)20-17(23)13-6-8-15(9-7-13)22-12-18-11-19-22/h3-12H,1-2H3,(H,20,23). The van der Waals surface area contributed by atoms with E-state index in [-0.39, 0.29) is 10.8 Å². The van der Waals surface area contributed by atoms with E-state index in [1.165, 1.54) is 32.6 Å². The van der Waals surface area contributed by atoms with Crippen LogP contribution in [0, 0.1) is 0 Å². The van der Waals surface area contributed by atoms with E-state index in [4.69, 9.17) is 0 Å². The summed E-state index contributed by atoms with van der Waals surface area (Å²) in [5, 5.41) is 6.73. The number of anilines is 1. The Labute approximate surface area is 151 Å². The average Bonchev–Trinajstić information content (AvgIpc) is 3.16. The van der Waals surface area contributed by atoms with E-state index in [9.17, 15) is 13.2 Å². The van der Waals surface area contributed by atoms with E-state index in [1.54, 1.807) is 47.4 Å². The molecule has 2 aromatic carbocycles. The first kappa shape index (κ1) is 17.8. The smallest absolute Gasteiger partial charge is 0.255 e. The van der Waals surface area contributed by atoms with Crippen LogP contribution in [0.1, 0.15) is 10.4 Å². The van der Waals surface area contributed by atoms with Gasteiger partial charge >= 0.3 is 0 Å². The van der Waals surface area contributed by atoms with Crippen LogP contribution in [0.4, 0.5) is 5.69 Å². The molecule has 0 aliphatic carbocycles. The normalized spacial score (nSPS) is 11.5. The number of hydrogen-bond donors (Lipinski definition) is 1. The Kier molecular flexibility index (Phi) is 4.83. The minimum absolute atomic E-state index is 0.113. The Morgan fingerprint density at radius 1 is 1.12 bits per heavy atom. The van der Waals surface area contributed by atoms with Crippen LogP contribution in [0.2, 0.25) is 0 Å². The fourth-order valence-corrected chi connectivity index (χ4v) is 3.20. The summed E-state index contributed by atoms with van der Waals surface area (Å²) in [6.45, 7) is 0. The highest BCUT2D eigenvalue weighted by atomic mass is 32.2. The fourth-order valence-electron chi connectivity index (χ4n) is 2.26. The van der Waals surface area contributed by atoms with Crippen molar-refractivity contribution in [3.05, 3.63) is 66.7 Å². The summed E-state index contributed by atoms with van der Waals surface area (Å²) in [4.78, 5) is 16.4. The molecule has 0 saturated heterocycles. The SMILES string of the molecule is CN(C)S(=O)(=O)c1cccc(NC(=O)c2ccc(-n3cncn3)cc2)c1. The molecule has 1 amide bonds. The molecule has 0 fully saturated rings. The summed E-state index contributed by atoms with van der Waals surface area (Å²) in [5.74, 6) is -0.338. The fraction of sp³-hybridized carbons (Fsp3) is 0.118. The maximum Gasteiger partial charge on any atom is 0.255 e. The van der Waals surface area contributed by atoms with E-state index in [2.05, 4.69) is 15.4 Å². The van der Waals surface area contributed by atoms with Crippen molar-refractivity contribution in [1.29, 1.82) is 0 Å². The molecule has 0 radical (unpaired) electrons. The number of hydrogen-bond acceptors (Lipinski definition) is 5. The van der Waals surface area contributed by atoms with Crippen LogP contribution in [0.15, 0.2) is 66.1 Å². The minimum atomic E-state index is -3.56. The van der Waals surface area contributed by atoms with Crippen LogP contribution in [0.5, 0.6) is 0 Å². The Bertz CT molecular complexity index is 1010. The number of amides is 1. The highest BCUT2D eigenvalue weighted by Gasteiger charge is 2.17. The third-order valence-electron chi connectivity index (χ3n) is 3.68. The van der Waals surface area contributed by atoms with Gasteiger partial charge in [-0.15, -0.1) is 0 Å². The van der Waals surface area contributed by atoms with Gasteiger partial charge in [0.25, 0.3) is 5.91 Å². The quantitative estimate of drug-likeness (QED) is 0.737. The van der Waals surface area contributed by atoms with Crippen molar-refractivity contribution in [3.63, 3.8) is 0 Å². The lowest BCUT2D eigenvalue weighted by Crippen LogP contribution is -2.22. The molecular weight excluding hydrogens is 354 g/mol. The molecule has 3 aromatic rings. The zero-order valence-electron chi connectivity index (χ0n) is 14.2. The van der Waals surface area contributed by atoms with E-state index >= 15 is 0 Å². The van der Waals surface area contributed by atoms with Crippen LogP contribution in [0.3, 0.4) is 0 Å². The second kappa shape index (κ2) is 7.06. The number of aromatic nitrogens is 3. The molecule has 8 nitrogen and oxygen atoms in total. The van der Waals surface area contributed by atoms with Crippen molar-refractivity contribution in [2.75, 3.05) is 19.4 Å². The molecule has 0 unspecified atom stereocenters. The van der Waals surface area contributed by atoms with Crippen molar-refractivity contribution in [2.24, 2.45) is 0 Å². The molecule has 26 heavy (non-hydrogen) atoms. The summed E-state index contributed by atoms with van der Waals surface area (Å²) >= 11 is 0. The second-order valence-electron chi connectivity index (χ2n) is 5.66. The summed E-state index contributed by atoms with van der Waals surface area (Å²) < 4.78 is 27.1. The molecular formula is C17H17N5O3S. The number of carbonyl (C=O) groups is 1. The number of nitrogens with zero attached hydrogens (tertiary/aromatic N) is 4. The monoisotopic (exact) mass is 371 g/mol. The first-order valence-corrected chi connectivity index (χ1v) is 9.11. The number of nitrogens with one attached hydrogen (secondary N) is 1. The maximum atomic E-state index is 12.4. The van der Waals surface area contributed by atoms with Crippen LogP contribution in [-0.2, 0) is 10.0 Å². The van der Waals surface area contributed by atoms with Crippen LogP contribution < -0.4 is 5.32 Å². The number of benzene rings is 2. The van der Waals surface area contributed by atoms with Gasteiger partial charge in [0.05, 0.1) is 10.6 Å². The van der Waals surface area contributed by atoms with Crippen LogP contribution >= 0.6 is 0 Å². The van der Waals surface area contributed by atoms with Crippen molar-refractivity contribution in [1.82, 2.24) is 19.1 Å². The maximum absolute atomic E-state index is 12.4. The molecule has 0 spiro atoms. The van der Waals surface area contributed by atoms with Gasteiger partial charge in [0.1, 0.15) is 12.7 Å². The van der Waals surface area contributed by atoms with Gasteiger partial charge < -0.3 is 5.32 Å². The van der Waals surface area contributed by atoms with Gasteiger partial charge in [-0.05, 0) is 42.5 Å². The topological polar surface area (TPSA) is 97.2 Å². The molecule has 1 N–H and O–H groups in total. The molecule has 0 aliphatic rings. The highest BCUT2D eigenvalue weighted by Crippen LogP contribution is 2.19. The largest absolute Gasteiger partial charge is 0.322 e. The third-order valence-corrected chi connectivity index (χ3v) is 5.49. The van der Waals surface area contributed by atoms with E-state index in [0.717, 1.165) is 9.99 Å². The number of rotatable bonds is 5. The Morgan fingerprint density at radius 2 is 1.85 bits per heavy atom. The van der Waals surface area contributed by atoms with Gasteiger partial charge in [0, 0.05) is 25.3 Å². The first-order valence-electron chi connectivity index (χ1n) is 7.67. The first-order chi connectivity index (χ1) is 12.4. The van der Waals surface area contributed by atoms with Gasteiger partial charge in [-0.1, -0.05) is 6.07 Å². The highest BCUT2D eigenvalue weighted by molar-refractivity contribution is 7.89. The summed E-state index contributed by atoms with van der Waals surface area (Å²) in [6, 6.07) is 12.9. The molecule has 9 heteroatoms. The average molecular weight is 371 g/mol. The zero-order valence-corrected chi connectivity index (χ0v) is 15.0. The second-order valence-corrected chi connectivity index (χ2v) is 7.81. The Hall–Kier alpha value is -3.04. The van der Waals surface area contributed by atoms with Crippen molar-refractivity contribution >= 4 is 21.6 Å². The summed E-state index contributed by atoms with van der Waals surface area (Å²) in [6.07, 6.45) is 2.99. The molecule has 3 rings (SSSR count). The van der Waals surface area contributed by atoms with Gasteiger partial charge in [-0.3, -0.25) is 4.79 Å². The van der Waals surface area contributed by atoms with E-state index in [1.807, 2.05) is 0 Å². The predicted octanol–water partition coefficient (Wildman–Crippen LogP) is 1.77. The Balaban J connectivity index is 1.78.